The Labute approximate surface area is 183 Å². The van der Waals surface area contributed by atoms with Crippen LogP contribution in [0.5, 0.6) is 0 Å². The Morgan fingerprint density at radius 1 is 1.17 bits per heavy atom. The molecule has 30 heavy (non-hydrogen) atoms. The predicted molar refractivity (Wildman–Crippen MR) is 118 cm³/mol. The Hall–Kier alpha value is -2.87. The van der Waals surface area contributed by atoms with E-state index in [0.717, 1.165) is 11.3 Å². The van der Waals surface area contributed by atoms with E-state index >= 15 is 0 Å². The minimum atomic E-state index is -0.618. The Morgan fingerprint density at radius 2 is 1.90 bits per heavy atom. The lowest BCUT2D eigenvalue weighted by Gasteiger charge is -2.17. The van der Waals surface area contributed by atoms with Gasteiger partial charge in [0.1, 0.15) is 11.5 Å². The van der Waals surface area contributed by atoms with Crippen molar-refractivity contribution >= 4 is 34.8 Å². The highest BCUT2D eigenvalue weighted by Gasteiger charge is 2.20. The summed E-state index contributed by atoms with van der Waals surface area (Å²) < 4.78 is 0. The molecule has 0 aliphatic heterocycles. The molecule has 156 valence electrons. The highest BCUT2D eigenvalue weighted by atomic mass is 35.5. The van der Waals surface area contributed by atoms with Crippen molar-refractivity contribution in [3.8, 4) is 11.4 Å². The number of carbonyl (C=O) groups is 1. The van der Waals surface area contributed by atoms with E-state index in [2.05, 4.69) is 15.3 Å². The number of aromatic nitrogens is 2. The summed E-state index contributed by atoms with van der Waals surface area (Å²) in [5, 5.41) is 13.1. The molecule has 0 spiro atoms. The van der Waals surface area contributed by atoms with Crippen molar-refractivity contribution < 1.29 is 9.90 Å². The van der Waals surface area contributed by atoms with Gasteiger partial charge in [0, 0.05) is 31.9 Å². The lowest BCUT2D eigenvalue weighted by Crippen LogP contribution is -2.29. The number of aliphatic hydroxyl groups is 1. The molecule has 3 N–H and O–H groups in total. The fraction of sp³-hybridized carbons (Fsp3) is 0.190. The predicted octanol–water partition coefficient (Wildman–Crippen LogP) is 3.23. The SMILES string of the molecule is CN(C)c1ccccc1-c1nc(C(=O)NCc2ccc(Cl)c(Cl)c2)c(CO)c(=O)[nH]1. The first kappa shape index (κ1) is 21.8. The molecule has 0 aliphatic rings. The zero-order valence-electron chi connectivity index (χ0n) is 16.4. The number of hydrogen-bond acceptors (Lipinski definition) is 5. The maximum Gasteiger partial charge on any atom is 0.270 e. The highest BCUT2D eigenvalue weighted by molar-refractivity contribution is 6.42. The van der Waals surface area contributed by atoms with E-state index in [0.29, 0.717) is 15.6 Å². The van der Waals surface area contributed by atoms with Crippen LogP contribution in [0.4, 0.5) is 5.69 Å². The van der Waals surface area contributed by atoms with Crippen molar-refractivity contribution in [1.29, 1.82) is 0 Å². The molecule has 0 bridgehead atoms. The third-order valence-electron chi connectivity index (χ3n) is 4.47. The zero-order valence-corrected chi connectivity index (χ0v) is 17.9. The van der Waals surface area contributed by atoms with Crippen LogP contribution in [0.3, 0.4) is 0 Å². The van der Waals surface area contributed by atoms with Crippen LogP contribution in [0.2, 0.25) is 10.0 Å². The van der Waals surface area contributed by atoms with Gasteiger partial charge in [-0.15, -0.1) is 0 Å². The summed E-state index contributed by atoms with van der Waals surface area (Å²) in [6.45, 7) is -0.466. The minimum Gasteiger partial charge on any atom is -0.391 e. The summed E-state index contributed by atoms with van der Waals surface area (Å²) in [6, 6.07) is 12.3. The van der Waals surface area contributed by atoms with Gasteiger partial charge in [-0.3, -0.25) is 9.59 Å². The van der Waals surface area contributed by atoms with Gasteiger partial charge in [-0.25, -0.2) is 4.98 Å². The van der Waals surface area contributed by atoms with Crippen LogP contribution in [0, 0.1) is 0 Å². The Kier molecular flexibility index (Phi) is 6.77. The number of anilines is 1. The van der Waals surface area contributed by atoms with Gasteiger partial charge < -0.3 is 20.3 Å². The molecule has 3 aromatic rings. The van der Waals surface area contributed by atoms with E-state index in [1.165, 1.54) is 0 Å². The number of halogens is 2. The Balaban J connectivity index is 1.96. The summed E-state index contributed by atoms with van der Waals surface area (Å²) in [5.74, 6) is -0.346. The van der Waals surface area contributed by atoms with Gasteiger partial charge in [0.2, 0.25) is 0 Å². The summed E-state index contributed by atoms with van der Waals surface area (Å²) in [5.41, 5.74) is 1.39. The monoisotopic (exact) mass is 446 g/mol. The molecular weight excluding hydrogens is 427 g/mol. The number of para-hydroxylation sites is 1. The second-order valence-electron chi connectivity index (χ2n) is 6.74. The number of nitrogens with zero attached hydrogens (tertiary/aromatic N) is 2. The van der Waals surface area contributed by atoms with Crippen molar-refractivity contribution in [2.45, 2.75) is 13.2 Å². The number of benzene rings is 2. The molecule has 0 fully saturated rings. The number of hydrogen-bond donors (Lipinski definition) is 3. The molecule has 0 aliphatic carbocycles. The number of aromatic amines is 1. The van der Waals surface area contributed by atoms with Crippen molar-refractivity contribution in [2.75, 3.05) is 19.0 Å². The molecule has 7 nitrogen and oxygen atoms in total. The van der Waals surface area contributed by atoms with Gasteiger partial charge >= 0.3 is 0 Å². The average Bonchev–Trinajstić information content (AvgIpc) is 2.73. The molecule has 1 amide bonds. The fourth-order valence-electron chi connectivity index (χ4n) is 2.94. The van der Waals surface area contributed by atoms with Crippen LogP contribution >= 0.6 is 23.2 Å². The lowest BCUT2D eigenvalue weighted by molar-refractivity contribution is 0.0942. The molecule has 2 aromatic carbocycles. The molecule has 1 heterocycles. The second kappa shape index (κ2) is 9.30. The van der Waals surface area contributed by atoms with Gasteiger partial charge in [0.25, 0.3) is 11.5 Å². The van der Waals surface area contributed by atoms with Crippen molar-refractivity contribution in [3.05, 3.63) is 79.7 Å². The normalized spacial score (nSPS) is 10.7. The number of amides is 1. The van der Waals surface area contributed by atoms with E-state index in [4.69, 9.17) is 23.2 Å². The smallest absolute Gasteiger partial charge is 0.270 e. The standard InChI is InChI=1S/C21H20Cl2N4O3/c1-27(2)17-6-4-3-5-13(17)19-25-18(14(11-28)20(29)26-19)21(30)24-10-12-7-8-15(22)16(23)9-12/h3-9,28H,10-11H2,1-2H3,(H,24,30)(H,25,26,29). The molecule has 1 aromatic heterocycles. The van der Waals surface area contributed by atoms with Gasteiger partial charge in [0.15, 0.2) is 0 Å². The minimum absolute atomic E-state index is 0.104. The van der Waals surface area contributed by atoms with E-state index in [1.54, 1.807) is 24.3 Å². The summed E-state index contributed by atoms with van der Waals surface area (Å²) in [4.78, 5) is 34.2. The summed E-state index contributed by atoms with van der Waals surface area (Å²) in [7, 11) is 3.73. The second-order valence-corrected chi connectivity index (χ2v) is 7.56. The number of aliphatic hydroxyl groups excluding tert-OH is 1. The van der Waals surface area contributed by atoms with Gasteiger partial charge in [-0.05, 0) is 29.8 Å². The number of nitrogens with one attached hydrogen (secondary N) is 2. The van der Waals surface area contributed by atoms with Gasteiger partial charge in [0.05, 0.1) is 22.2 Å². The van der Waals surface area contributed by atoms with Crippen LogP contribution in [-0.2, 0) is 13.2 Å². The first-order valence-electron chi connectivity index (χ1n) is 9.04. The third-order valence-corrected chi connectivity index (χ3v) is 5.21. The Bertz CT molecular complexity index is 1150. The van der Waals surface area contributed by atoms with Gasteiger partial charge in [-0.2, -0.15) is 0 Å². The molecule has 0 saturated heterocycles. The van der Waals surface area contributed by atoms with E-state index in [9.17, 15) is 14.7 Å². The van der Waals surface area contributed by atoms with Crippen LogP contribution in [-0.4, -0.2) is 35.1 Å². The van der Waals surface area contributed by atoms with Crippen molar-refractivity contribution in [3.63, 3.8) is 0 Å². The summed E-state index contributed by atoms with van der Waals surface area (Å²) >= 11 is 11.9. The third kappa shape index (κ3) is 4.64. The van der Waals surface area contributed by atoms with Crippen LogP contribution in [0.1, 0.15) is 21.6 Å². The number of H-pyrrole nitrogens is 1. The molecule has 9 heteroatoms. The van der Waals surface area contributed by atoms with E-state index in [1.807, 2.05) is 37.2 Å². The maximum atomic E-state index is 12.8. The first-order valence-corrected chi connectivity index (χ1v) is 9.80. The highest BCUT2D eigenvalue weighted by Crippen LogP contribution is 2.27. The quantitative estimate of drug-likeness (QED) is 0.539. The molecule has 0 atom stereocenters. The number of rotatable bonds is 6. The zero-order chi connectivity index (χ0) is 21.8. The molecule has 3 rings (SSSR count). The lowest BCUT2D eigenvalue weighted by atomic mass is 10.1. The van der Waals surface area contributed by atoms with Crippen molar-refractivity contribution in [2.24, 2.45) is 0 Å². The fourth-order valence-corrected chi connectivity index (χ4v) is 3.26. The molecule has 0 radical (unpaired) electrons. The average molecular weight is 447 g/mol. The van der Waals surface area contributed by atoms with Crippen LogP contribution in [0.15, 0.2) is 47.3 Å². The van der Waals surface area contributed by atoms with Crippen LogP contribution in [0.25, 0.3) is 11.4 Å². The Morgan fingerprint density at radius 3 is 2.57 bits per heavy atom. The van der Waals surface area contributed by atoms with E-state index in [-0.39, 0.29) is 23.6 Å². The maximum absolute atomic E-state index is 12.8. The first-order chi connectivity index (χ1) is 14.3. The van der Waals surface area contributed by atoms with E-state index < -0.39 is 18.1 Å². The van der Waals surface area contributed by atoms with Crippen molar-refractivity contribution in [1.82, 2.24) is 15.3 Å². The number of carbonyl (C=O) groups excluding carboxylic acids is 1. The largest absolute Gasteiger partial charge is 0.391 e. The topological polar surface area (TPSA) is 98.3 Å². The molecular formula is C21H20Cl2N4O3. The van der Waals surface area contributed by atoms with Crippen LogP contribution < -0.4 is 15.8 Å². The molecule has 0 unspecified atom stereocenters. The molecule has 0 saturated carbocycles. The van der Waals surface area contributed by atoms with Gasteiger partial charge in [-0.1, -0.05) is 41.4 Å². The summed E-state index contributed by atoms with van der Waals surface area (Å²) in [6.07, 6.45) is 0.